The smallest absolute Gasteiger partial charge is 0.0810 e. The lowest BCUT2D eigenvalue weighted by Gasteiger charge is -2.60. The molecule has 0 aliphatic heterocycles. The van der Waals surface area contributed by atoms with E-state index in [1.807, 2.05) is 0 Å². The van der Waals surface area contributed by atoms with Gasteiger partial charge in [0, 0.05) is 10.3 Å². The molecule has 0 unspecified atom stereocenters. The first kappa shape index (κ1) is 18.4. The normalized spacial score (nSPS) is 50.9. The van der Waals surface area contributed by atoms with E-state index < -0.39 is 0 Å². The summed E-state index contributed by atoms with van der Waals surface area (Å²) in [6.07, 6.45) is 11.2. The Morgan fingerprint density at radius 1 is 1.04 bits per heavy atom. The molecule has 0 amide bonds. The van der Waals surface area contributed by atoms with E-state index >= 15 is 0 Å². The minimum Gasteiger partial charge on any atom is -0.393 e. The van der Waals surface area contributed by atoms with Crippen LogP contribution in [-0.2, 0) is 0 Å². The van der Waals surface area contributed by atoms with Gasteiger partial charge >= 0.3 is 0 Å². The van der Waals surface area contributed by atoms with Gasteiger partial charge in [-0.25, -0.2) is 0 Å². The molecule has 4 aliphatic carbocycles. The molecule has 4 aliphatic rings. The molecular weight excluding hydrogens is 352 g/mol. The Morgan fingerprint density at radius 3 is 2.63 bits per heavy atom. The highest BCUT2D eigenvalue weighted by atomic mass is 32.1. The SMILES string of the molecule is C[C@]12CC[C@@H](O)C[C@H]1CC[C@@H]1[C@@H]2CC[C@]2(C)[C@@H](O)/C(=C/c3cccs3)C[C@@H]12. The maximum absolute atomic E-state index is 11.3. The van der Waals surface area contributed by atoms with E-state index in [0.29, 0.717) is 17.3 Å². The van der Waals surface area contributed by atoms with Crippen molar-refractivity contribution in [2.24, 2.45) is 34.5 Å². The molecule has 0 spiro atoms. The van der Waals surface area contributed by atoms with Crippen LogP contribution in [0.3, 0.4) is 0 Å². The fraction of sp³-hybridized carbons (Fsp3) is 0.750. The molecule has 0 saturated heterocycles. The maximum atomic E-state index is 11.3. The topological polar surface area (TPSA) is 40.5 Å². The molecule has 1 heterocycles. The summed E-state index contributed by atoms with van der Waals surface area (Å²) in [6, 6.07) is 4.26. The third-order valence-electron chi connectivity index (χ3n) is 9.38. The van der Waals surface area contributed by atoms with Gasteiger partial charge in [0.1, 0.15) is 0 Å². The summed E-state index contributed by atoms with van der Waals surface area (Å²) < 4.78 is 0. The van der Waals surface area contributed by atoms with Crippen molar-refractivity contribution in [1.29, 1.82) is 0 Å². The van der Waals surface area contributed by atoms with Crippen molar-refractivity contribution >= 4 is 17.4 Å². The zero-order valence-corrected chi connectivity index (χ0v) is 17.5. The highest BCUT2D eigenvalue weighted by molar-refractivity contribution is 7.10. The van der Waals surface area contributed by atoms with E-state index in [1.54, 1.807) is 11.3 Å². The van der Waals surface area contributed by atoms with Gasteiger partial charge in [-0.05, 0) is 104 Å². The van der Waals surface area contributed by atoms with Crippen LogP contribution in [-0.4, -0.2) is 22.4 Å². The van der Waals surface area contributed by atoms with Crippen LogP contribution in [0.1, 0.15) is 70.1 Å². The van der Waals surface area contributed by atoms with Crippen molar-refractivity contribution < 1.29 is 10.2 Å². The minimum atomic E-state index is -0.274. The third-order valence-corrected chi connectivity index (χ3v) is 10.2. The van der Waals surface area contributed by atoms with Gasteiger partial charge in [0.05, 0.1) is 12.2 Å². The lowest BCUT2D eigenvalue weighted by Crippen LogP contribution is -2.54. The average molecular weight is 387 g/mol. The van der Waals surface area contributed by atoms with Gasteiger partial charge in [0.25, 0.3) is 0 Å². The predicted molar refractivity (Wildman–Crippen MR) is 111 cm³/mol. The van der Waals surface area contributed by atoms with Gasteiger partial charge in [-0.3, -0.25) is 0 Å². The fourth-order valence-electron chi connectivity index (χ4n) is 7.79. The number of aliphatic hydroxyl groups excluding tert-OH is 2. The first-order chi connectivity index (χ1) is 12.9. The summed E-state index contributed by atoms with van der Waals surface area (Å²) in [7, 11) is 0. The molecule has 5 rings (SSSR count). The molecular formula is C24H34O2S. The molecule has 4 saturated carbocycles. The van der Waals surface area contributed by atoms with Crippen molar-refractivity contribution in [2.45, 2.75) is 77.4 Å². The van der Waals surface area contributed by atoms with E-state index in [4.69, 9.17) is 0 Å². The second-order valence-electron chi connectivity index (χ2n) is 10.5. The van der Waals surface area contributed by atoms with Gasteiger partial charge in [0.15, 0.2) is 0 Å². The Labute approximate surface area is 167 Å². The van der Waals surface area contributed by atoms with Gasteiger partial charge in [0.2, 0.25) is 0 Å². The van der Waals surface area contributed by atoms with Crippen LogP contribution >= 0.6 is 11.3 Å². The molecule has 0 radical (unpaired) electrons. The Bertz CT molecular complexity index is 725. The zero-order chi connectivity index (χ0) is 18.8. The monoisotopic (exact) mass is 386 g/mol. The van der Waals surface area contributed by atoms with E-state index in [9.17, 15) is 10.2 Å². The van der Waals surface area contributed by atoms with Crippen molar-refractivity contribution in [2.75, 3.05) is 0 Å². The first-order valence-corrected chi connectivity index (χ1v) is 11.9. The second-order valence-corrected chi connectivity index (χ2v) is 11.5. The second kappa shape index (κ2) is 6.43. The van der Waals surface area contributed by atoms with E-state index in [2.05, 4.69) is 37.4 Å². The van der Waals surface area contributed by atoms with Crippen molar-refractivity contribution in [1.82, 2.24) is 0 Å². The lowest BCUT2D eigenvalue weighted by atomic mass is 9.45. The van der Waals surface area contributed by atoms with Gasteiger partial charge in [-0.15, -0.1) is 11.3 Å². The molecule has 1 aromatic rings. The summed E-state index contributed by atoms with van der Waals surface area (Å²) in [5, 5.41) is 23.6. The molecule has 27 heavy (non-hydrogen) atoms. The fourth-order valence-corrected chi connectivity index (χ4v) is 8.48. The summed E-state index contributed by atoms with van der Waals surface area (Å²) in [5.74, 6) is 2.88. The van der Waals surface area contributed by atoms with Crippen molar-refractivity contribution in [3.05, 3.63) is 28.0 Å². The largest absolute Gasteiger partial charge is 0.393 e. The maximum Gasteiger partial charge on any atom is 0.0810 e. The van der Waals surface area contributed by atoms with Gasteiger partial charge in [-0.1, -0.05) is 19.9 Å². The zero-order valence-electron chi connectivity index (χ0n) is 16.7. The third kappa shape index (κ3) is 2.72. The molecule has 8 atom stereocenters. The van der Waals surface area contributed by atoms with Crippen LogP contribution in [0, 0.1) is 34.5 Å². The van der Waals surface area contributed by atoms with Crippen LogP contribution in [0.25, 0.3) is 6.08 Å². The summed E-state index contributed by atoms with van der Waals surface area (Å²) in [6.45, 7) is 4.91. The number of fused-ring (bicyclic) bond motifs is 5. The van der Waals surface area contributed by atoms with Gasteiger partial charge in [-0.2, -0.15) is 0 Å². The first-order valence-electron chi connectivity index (χ1n) is 11.0. The van der Waals surface area contributed by atoms with Crippen molar-refractivity contribution in [3.63, 3.8) is 0 Å². The minimum absolute atomic E-state index is 0.0572. The molecule has 3 heteroatoms. The molecule has 2 N–H and O–H groups in total. The molecule has 1 aromatic heterocycles. The lowest BCUT2D eigenvalue weighted by molar-refractivity contribution is -0.133. The van der Waals surface area contributed by atoms with E-state index in [-0.39, 0.29) is 17.6 Å². The molecule has 2 nitrogen and oxygen atoms in total. The number of thiophene rings is 1. The summed E-state index contributed by atoms with van der Waals surface area (Å²) in [4.78, 5) is 1.28. The van der Waals surface area contributed by atoms with Crippen LogP contribution in [0.4, 0.5) is 0 Å². The Hall–Kier alpha value is -0.640. The molecule has 0 bridgehead atoms. The summed E-state index contributed by atoms with van der Waals surface area (Å²) in [5.41, 5.74) is 1.74. The highest BCUT2D eigenvalue weighted by Crippen LogP contribution is 2.67. The van der Waals surface area contributed by atoms with Crippen molar-refractivity contribution in [3.8, 4) is 0 Å². The molecule has 148 valence electrons. The molecule has 0 aromatic carbocycles. The van der Waals surface area contributed by atoms with Crippen LogP contribution in [0.15, 0.2) is 23.1 Å². The number of aliphatic hydroxyl groups is 2. The van der Waals surface area contributed by atoms with Gasteiger partial charge < -0.3 is 10.2 Å². The Balaban J connectivity index is 1.45. The number of rotatable bonds is 1. The van der Waals surface area contributed by atoms with Crippen LogP contribution in [0.5, 0.6) is 0 Å². The number of hydrogen-bond acceptors (Lipinski definition) is 3. The van der Waals surface area contributed by atoms with E-state index in [1.165, 1.54) is 36.1 Å². The standard InChI is InChI=1S/C24H34O2S/c1-23-9-7-17(25)14-16(23)5-6-19-20(23)8-10-24(2)21(19)13-15(22(24)26)12-18-4-3-11-27-18/h3-4,11-12,16-17,19-22,25-26H,5-10,13-14H2,1-2H3/b15-12+/t16-,17-,19-,20+,21+,22+,23+,24+/m1/s1. The predicted octanol–water partition coefficient (Wildman–Crippen LogP) is 5.51. The Kier molecular flexibility index (Phi) is 4.38. The Morgan fingerprint density at radius 2 is 1.85 bits per heavy atom. The van der Waals surface area contributed by atoms with E-state index in [0.717, 1.165) is 37.5 Å². The average Bonchev–Trinajstić information content (AvgIpc) is 3.24. The molecule has 4 fully saturated rings. The van der Waals surface area contributed by atoms with Crippen LogP contribution < -0.4 is 0 Å². The summed E-state index contributed by atoms with van der Waals surface area (Å²) >= 11 is 1.77. The quantitative estimate of drug-likeness (QED) is 0.668. The highest BCUT2D eigenvalue weighted by Gasteiger charge is 2.61. The van der Waals surface area contributed by atoms with Crippen LogP contribution in [0.2, 0.25) is 0 Å². The number of hydrogen-bond donors (Lipinski definition) is 2.